The van der Waals surface area contributed by atoms with E-state index in [1.165, 1.54) is 0 Å². The van der Waals surface area contributed by atoms with E-state index in [1.54, 1.807) is 6.92 Å². The van der Waals surface area contributed by atoms with E-state index in [0.717, 1.165) is 0 Å². The minimum Gasteiger partial charge on any atom is -0.345 e. The Kier molecular flexibility index (Phi) is 4.53. The van der Waals surface area contributed by atoms with Gasteiger partial charge >= 0.3 is 0 Å². The fraction of sp³-hybridized carbons (Fsp3) is 1.00. The molecule has 1 unspecified atom stereocenters. The van der Waals surface area contributed by atoms with Crippen molar-refractivity contribution in [3.63, 3.8) is 0 Å². The van der Waals surface area contributed by atoms with E-state index >= 15 is 0 Å². The Bertz CT molecular complexity index is 57.9. The Morgan fingerprint density at radius 2 is 1.38 bits per heavy atom. The first kappa shape index (κ1) is 11.1. The number of aliphatic hydroxyl groups is 1. The SMILES string of the molecule is CC(O)[N+](C)(C)C.Cl. The molecule has 52 valence electrons. The van der Waals surface area contributed by atoms with Gasteiger partial charge in [-0.05, 0) is 0 Å². The number of rotatable bonds is 1. The maximum absolute atomic E-state index is 8.86. The fourth-order valence-electron chi connectivity index (χ4n) is 0. The average molecular weight is 141 g/mol. The predicted octanol–water partition coefficient (Wildman–Crippen LogP) is 0.453. The summed E-state index contributed by atoms with van der Waals surface area (Å²) >= 11 is 0. The third-order valence-corrected chi connectivity index (χ3v) is 1.12. The van der Waals surface area contributed by atoms with Crippen molar-refractivity contribution in [2.45, 2.75) is 13.2 Å². The topological polar surface area (TPSA) is 20.2 Å². The molecule has 0 aromatic rings. The summed E-state index contributed by atoms with van der Waals surface area (Å²) in [5.41, 5.74) is 0. The van der Waals surface area contributed by atoms with Crippen LogP contribution in [0.1, 0.15) is 6.92 Å². The van der Waals surface area contributed by atoms with Crippen molar-refractivity contribution in [2.24, 2.45) is 0 Å². The van der Waals surface area contributed by atoms with E-state index in [2.05, 4.69) is 0 Å². The summed E-state index contributed by atoms with van der Waals surface area (Å²) in [5.74, 6) is 0. The van der Waals surface area contributed by atoms with Crippen LogP contribution in [0.5, 0.6) is 0 Å². The van der Waals surface area contributed by atoms with Crippen LogP contribution in [0.4, 0.5) is 0 Å². The summed E-state index contributed by atoms with van der Waals surface area (Å²) in [4.78, 5) is 0. The van der Waals surface area contributed by atoms with Crippen molar-refractivity contribution < 1.29 is 9.59 Å². The van der Waals surface area contributed by atoms with Gasteiger partial charge in [-0.15, -0.1) is 12.4 Å². The van der Waals surface area contributed by atoms with Gasteiger partial charge in [0, 0.05) is 6.92 Å². The van der Waals surface area contributed by atoms with E-state index in [4.69, 9.17) is 5.11 Å². The molecule has 0 rings (SSSR count). The van der Waals surface area contributed by atoms with Gasteiger partial charge in [-0.2, -0.15) is 0 Å². The molecular formula is C5H15ClNO+. The molecule has 0 aliphatic heterocycles. The van der Waals surface area contributed by atoms with Crippen LogP contribution in [0.2, 0.25) is 0 Å². The van der Waals surface area contributed by atoms with E-state index in [-0.39, 0.29) is 18.6 Å². The molecular weight excluding hydrogens is 126 g/mol. The van der Waals surface area contributed by atoms with E-state index < -0.39 is 0 Å². The van der Waals surface area contributed by atoms with Gasteiger partial charge in [0.1, 0.15) is 0 Å². The van der Waals surface area contributed by atoms with Gasteiger partial charge in [-0.1, -0.05) is 0 Å². The molecule has 8 heavy (non-hydrogen) atoms. The molecule has 0 spiro atoms. The highest BCUT2D eigenvalue weighted by Gasteiger charge is 2.12. The lowest BCUT2D eigenvalue weighted by Crippen LogP contribution is -2.42. The summed E-state index contributed by atoms with van der Waals surface area (Å²) in [6.07, 6.45) is -0.264. The lowest BCUT2D eigenvalue weighted by Gasteiger charge is -2.26. The molecule has 0 aromatic carbocycles. The van der Waals surface area contributed by atoms with Gasteiger partial charge in [0.2, 0.25) is 0 Å². The van der Waals surface area contributed by atoms with E-state index in [9.17, 15) is 0 Å². The normalized spacial score (nSPS) is 14.6. The second kappa shape index (κ2) is 3.28. The number of hydrogen-bond acceptors (Lipinski definition) is 1. The first-order chi connectivity index (χ1) is 2.94. The van der Waals surface area contributed by atoms with Gasteiger partial charge in [-0.3, -0.25) is 0 Å². The molecule has 0 radical (unpaired) electrons. The Morgan fingerprint density at radius 1 is 1.25 bits per heavy atom. The molecule has 0 amide bonds. The van der Waals surface area contributed by atoms with Crippen molar-refractivity contribution in [1.29, 1.82) is 0 Å². The van der Waals surface area contributed by atoms with Crippen LogP contribution in [-0.4, -0.2) is 37.0 Å². The first-order valence-corrected chi connectivity index (χ1v) is 2.44. The highest BCUT2D eigenvalue weighted by molar-refractivity contribution is 5.85. The molecule has 0 heterocycles. The number of hydrogen-bond donors (Lipinski definition) is 1. The number of halogens is 1. The van der Waals surface area contributed by atoms with Crippen LogP contribution in [0.25, 0.3) is 0 Å². The van der Waals surface area contributed by atoms with Gasteiger partial charge in [0.25, 0.3) is 0 Å². The van der Waals surface area contributed by atoms with Crippen LogP contribution < -0.4 is 0 Å². The van der Waals surface area contributed by atoms with Crippen molar-refractivity contribution in [1.82, 2.24) is 0 Å². The van der Waals surface area contributed by atoms with Gasteiger partial charge in [0.15, 0.2) is 6.23 Å². The van der Waals surface area contributed by atoms with Crippen molar-refractivity contribution in [3.05, 3.63) is 0 Å². The molecule has 1 N–H and O–H groups in total. The quantitative estimate of drug-likeness (QED) is 0.414. The molecule has 0 aromatic heterocycles. The van der Waals surface area contributed by atoms with Gasteiger partial charge in [0.05, 0.1) is 21.1 Å². The predicted molar refractivity (Wildman–Crippen MR) is 37.0 cm³/mol. The molecule has 2 nitrogen and oxygen atoms in total. The Hall–Kier alpha value is 0.210. The van der Waals surface area contributed by atoms with Gasteiger partial charge < -0.3 is 9.59 Å². The summed E-state index contributed by atoms with van der Waals surface area (Å²) < 4.78 is 0.611. The third kappa shape index (κ3) is 4.37. The van der Waals surface area contributed by atoms with Crippen LogP contribution in [0, 0.1) is 0 Å². The first-order valence-electron chi connectivity index (χ1n) is 2.44. The van der Waals surface area contributed by atoms with Crippen LogP contribution in [-0.2, 0) is 0 Å². The average Bonchev–Trinajstić information content (AvgIpc) is 1.31. The van der Waals surface area contributed by atoms with Crippen molar-refractivity contribution in [3.8, 4) is 0 Å². The maximum atomic E-state index is 8.86. The molecule has 0 aliphatic rings. The van der Waals surface area contributed by atoms with Crippen LogP contribution in [0.3, 0.4) is 0 Å². The van der Waals surface area contributed by atoms with Crippen LogP contribution in [0.15, 0.2) is 0 Å². The summed E-state index contributed by atoms with van der Waals surface area (Å²) in [6.45, 7) is 1.78. The second-order valence-corrected chi connectivity index (χ2v) is 2.75. The number of aliphatic hydroxyl groups excluding tert-OH is 1. The van der Waals surface area contributed by atoms with Crippen LogP contribution >= 0.6 is 12.4 Å². The Balaban J connectivity index is 0. The molecule has 0 saturated carbocycles. The lowest BCUT2D eigenvalue weighted by molar-refractivity contribution is -0.916. The number of quaternary nitrogens is 1. The standard InChI is InChI=1S/C5H14NO.ClH/c1-5(7)6(2,3)4;/h5,7H,1-4H3;1H/q+1;. The zero-order valence-corrected chi connectivity index (χ0v) is 6.70. The summed E-state index contributed by atoms with van der Waals surface area (Å²) in [5, 5.41) is 8.86. The molecule has 3 heteroatoms. The summed E-state index contributed by atoms with van der Waals surface area (Å²) in [7, 11) is 5.85. The smallest absolute Gasteiger partial charge is 0.187 e. The Morgan fingerprint density at radius 3 is 1.38 bits per heavy atom. The highest BCUT2D eigenvalue weighted by Crippen LogP contribution is 1.94. The van der Waals surface area contributed by atoms with Crippen molar-refractivity contribution in [2.75, 3.05) is 21.1 Å². The molecule has 1 atom stereocenters. The molecule has 0 fully saturated rings. The largest absolute Gasteiger partial charge is 0.345 e. The highest BCUT2D eigenvalue weighted by atomic mass is 35.5. The molecule has 0 bridgehead atoms. The van der Waals surface area contributed by atoms with Gasteiger partial charge in [-0.25, -0.2) is 0 Å². The Labute approximate surface area is 57.1 Å². The van der Waals surface area contributed by atoms with Crippen molar-refractivity contribution >= 4 is 12.4 Å². The monoisotopic (exact) mass is 140 g/mol. The lowest BCUT2D eigenvalue weighted by atomic mass is 10.5. The zero-order valence-electron chi connectivity index (χ0n) is 5.88. The number of nitrogens with zero attached hydrogens (tertiary/aromatic N) is 1. The van der Waals surface area contributed by atoms with E-state index in [0.29, 0.717) is 4.48 Å². The minimum absolute atomic E-state index is 0. The zero-order chi connectivity index (χ0) is 6.08. The fourth-order valence-corrected chi connectivity index (χ4v) is 0. The van der Waals surface area contributed by atoms with E-state index in [1.807, 2.05) is 21.1 Å². The molecule has 0 aliphatic carbocycles. The molecule has 0 saturated heterocycles. The maximum Gasteiger partial charge on any atom is 0.187 e. The summed E-state index contributed by atoms with van der Waals surface area (Å²) in [6, 6.07) is 0. The third-order valence-electron chi connectivity index (χ3n) is 1.12. The second-order valence-electron chi connectivity index (χ2n) is 2.75. The minimum atomic E-state index is -0.264.